The van der Waals surface area contributed by atoms with E-state index in [2.05, 4.69) is 16.0 Å². The maximum atomic E-state index is 12.1. The number of urea groups is 1. The van der Waals surface area contributed by atoms with E-state index < -0.39 is 17.9 Å². The molecule has 0 aromatic heterocycles. The predicted molar refractivity (Wildman–Crippen MR) is 84.5 cm³/mol. The van der Waals surface area contributed by atoms with Crippen LogP contribution in [-0.2, 0) is 9.53 Å². The number of carboxylic acid groups (broad SMARTS) is 1. The van der Waals surface area contributed by atoms with Gasteiger partial charge >= 0.3 is 12.0 Å². The molecule has 8 nitrogen and oxygen atoms in total. The molecule has 0 heterocycles. The molecular weight excluding hydrogens is 302 g/mol. The normalized spacial score (nSPS) is 11.7. The molecular formula is C15H21N3O5. The van der Waals surface area contributed by atoms with E-state index in [-0.39, 0.29) is 24.2 Å². The summed E-state index contributed by atoms with van der Waals surface area (Å²) in [4.78, 5) is 34.7. The number of ether oxygens (including phenoxy) is 1. The minimum absolute atomic E-state index is 0.0214. The summed E-state index contributed by atoms with van der Waals surface area (Å²) < 4.78 is 4.75. The number of anilines is 1. The van der Waals surface area contributed by atoms with Crippen molar-refractivity contribution in [2.24, 2.45) is 0 Å². The van der Waals surface area contributed by atoms with Gasteiger partial charge in [0.25, 0.3) is 5.91 Å². The number of rotatable bonds is 7. The van der Waals surface area contributed by atoms with Crippen LogP contribution in [-0.4, -0.2) is 48.8 Å². The zero-order valence-electron chi connectivity index (χ0n) is 13.3. The van der Waals surface area contributed by atoms with Crippen LogP contribution in [0, 0.1) is 0 Å². The van der Waals surface area contributed by atoms with Gasteiger partial charge in [0.2, 0.25) is 0 Å². The van der Waals surface area contributed by atoms with Crippen LogP contribution in [0.4, 0.5) is 10.5 Å². The second-order valence-electron chi connectivity index (χ2n) is 5.15. The average Bonchev–Trinajstić information content (AvgIpc) is 2.45. The Hall–Kier alpha value is -2.61. The fourth-order valence-corrected chi connectivity index (χ4v) is 1.75. The van der Waals surface area contributed by atoms with Crippen LogP contribution in [0.3, 0.4) is 0 Å². The number of carbonyl (C=O) groups excluding carboxylic acids is 2. The van der Waals surface area contributed by atoms with Gasteiger partial charge in [0.1, 0.15) is 0 Å². The van der Waals surface area contributed by atoms with E-state index in [1.54, 1.807) is 12.1 Å². The Labute approximate surface area is 134 Å². The van der Waals surface area contributed by atoms with Gasteiger partial charge in [0.15, 0.2) is 6.04 Å². The molecule has 0 radical (unpaired) electrons. The Morgan fingerprint density at radius 1 is 1.22 bits per heavy atom. The van der Waals surface area contributed by atoms with Gasteiger partial charge in [0.05, 0.1) is 6.61 Å². The highest BCUT2D eigenvalue weighted by atomic mass is 16.5. The maximum Gasteiger partial charge on any atom is 0.328 e. The number of methoxy groups -OCH3 is 1. The van der Waals surface area contributed by atoms with Crippen molar-refractivity contribution < 1.29 is 24.2 Å². The van der Waals surface area contributed by atoms with Gasteiger partial charge in [-0.05, 0) is 32.0 Å². The summed E-state index contributed by atoms with van der Waals surface area (Å²) in [5.74, 6) is -1.76. The molecule has 0 aliphatic heterocycles. The molecule has 126 valence electrons. The Morgan fingerprint density at radius 2 is 1.91 bits per heavy atom. The zero-order chi connectivity index (χ0) is 17.4. The van der Waals surface area contributed by atoms with Crippen LogP contribution in [0.1, 0.15) is 24.2 Å². The summed E-state index contributed by atoms with van der Waals surface area (Å²) in [6, 6.07) is 4.64. The number of aliphatic carboxylic acids is 1. The van der Waals surface area contributed by atoms with Crippen molar-refractivity contribution in [1.82, 2.24) is 10.6 Å². The van der Waals surface area contributed by atoms with Crippen LogP contribution >= 0.6 is 0 Å². The van der Waals surface area contributed by atoms with Crippen molar-refractivity contribution in [3.63, 3.8) is 0 Å². The maximum absolute atomic E-state index is 12.1. The molecule has 1 unspecified atom stereocenters. The number of amides is 3. The summed E-state index contributed by atoms with van der Waals surface area (Å²) in [5.41, 5.74) is 0.657. The van der Waals surface area contributed by atoms with E-state index >= 15 is 0 Å². The topological polar surface area (TPSA) is 117 Å². The monoisotopic (exact) mass is 323 g/mol. The second kappa shape index (κ2) is 8.74. The Kier molecular flexibility index (Phi) is 7.01. The van der Waals surface area contributed by atoms with Crippen LogP contribution < -0.4 is 16.0 Å². The highest BCUT2D eigenvalue weighted by molar-refractivity contribution is 5.98. The minimum atomic E-state index is -1.19. The summed E-state index contributed by atoms with van der Waals surface area (Å²) in [5, 5.41) is 16.6. The van der Waals surface area contributed by atoms with Gasteiger partial charge in [-0.2, -0.15) is 0 Å². The van der Waals surface area contributed by atoms with E-state index in [0.29, 0.717) is 5.69 Å². The fourth-order valence-electron chi connectivity index (χ4n) is 1.75. The van der Waals surface area contributed by atoms with Crippen molar-refractivity contribution >= 4 is 23.6 Å². The molecule has 23 heavy (non-hydrogen) atoms. The highest BCUT2D eigenvalue weighted by Crippen LogP contribution is 2.11. The first-order valence-electron chi connectivity index (χ1n) is 7.03. The van der Waals surface area contributed by atoms with Gasteiger partial charge in [-0.1, -0.05) is 6.07 Å². The minimum Gasteiger partial charge on any atom is -0.480 e. The molecule has 0 fully saturated rings. The number of hydrogen-bond donors (Lipinski definition) is 4. The van der Waals surface area contributed by atoms with Gasteiger partial charge in [-0.15, -0.1) is 0 Å². The third-order valence-corrected chi connectivity index (χ3v) is 2.74. The third-order valence-electron chi connectivity index (χ3n) is 2.74. The summed E-state index contributed by atoms with van der Waals surface area (Å²) in [7, 11) is 1.35. The smallest absolute Gasteiger partial charge is 0.328 e. The SMILES string of the molecule is COCC(NC(=O)c1cccc(NC(=O)NC(C)C)c1)C(=O)O. The lowest BCUT2D eigenvalue weighted by Crippen LogP contribution is -2.43. The summed E-state index contributed by atoms with van der Waals surface area (Å²) in [6.07, 6.45) is 0. The molecule has 8 heteroatoms. The Balaban J connectivity index is 2.77. The number of carboxylic acids is 1. The predicted octanol–water partition coefficient (Wildman–Crippen LogP) is 1.05. The summed E-state index contributed by atoms with van der Waals surface area (Å²) >= 11 is 0. The van der Waals surface area contributed by atoms with Crippen LogP contribution in [0.25, 0.3) is 0 Å². The van der Waals surface area contributed by atoms with Gasteiger partial charge in [-0.3, -0.25) is 4.79 Å². The lowest BCUT2D eigenvalue weighted by molar-refractivity contribution is -0.140. The van der Waals surface area contributed by atoms with Crippen molar-refractivity contribution in [1.29, 1.82) is 0 Å². The molecule has 0 aliphatic rings. The number of hydrogen-bond acceptors (Lipinski definition) is 4. The quantitative estimate of drug-likeness (QED) is 0.598. The molecule has 0 saturated carbocycles. The standard InChI is InChI=1S/C15H21N3O5/c1-9(2)16-15(22)17-11-6-4-5-10(7-11)13(19)18-12(8-23-3)14(20)21/h4-7,9,12H,8H2,1-3H3,(H,18,19)(H,20,21)(H2,16,17,22). The molecule has 0 spiro atoms. The van der Waals surface area contributed by atoms with Gasteiger partial charge < -0.3 is 25.8 Å². The van der Waals surface area contributed by atoms with Gasteiger partial charge in [0, 0.05) is 24.4 Å². The van der Waals surface area contributed by atoms with Crippen molar-refractivity contribution in [3.05, 3.63) is 29.8 Å². The van der Waals surface area contributed by atoms with Crippen molar-refractivity contribution in [3.8, 4) is 0 Å². The first-order valence-corrected chi connectivity index (χ1v) is 7.03. The number of nitrogens with one attached hydrogen (secondary N) is 3. The van der Waals surface area contributed by atoms with Crippen LogP contribution in [0.5, 0.6) is 0 Å². The van der Waals surface area contributed by atoms with Crippen molar-refractivity contribution in [2.75, 3.05) is 19.0 Å². The zero-order valence-corrected chi connectivity index (χ0v) is 13.3. The third kappa shape index (κ3) is 6.35. The summed E-state index contributed by atoms with van der Waals surface area (Å²) in [6.45, 7) is 3.51. The first-order chi connectivity index (χ1) is 10.8. The molecule has 1 aromatic rings. The Morgan fingerprint density at radius 3 is 2.48 bits per heavy atom. The van der Waals surface area contributed by atoms with E-state index in [0.717, 1.165) is 0 Å². The number of benzene rings is 1. The van der Waals surface area contributed by atoms with Crippen LogP contribution in [0.2, 0.25) is 0 Å². The van der Waals surface area contributed by atoms with E-state index in [4.69, 9.17) is 9.84 Å². The Bertz CT molecular complexity index is 574. The lowest BCUT2D eigenvalue weighted by Gasteiger charge is -2.14. The molecule has 4 N–H and O–H groups in total. The molecule has 0 aliphatic carbocycles. The first kappa shape index (κ1) is 18.4. The molecule has 1 atom stereocenters. The molecule has 1 rings (SSSR count). The average molecular weight is 323 g/mol. The molecule has 3 amide bonds. The molecule has 0 bridgehead atoms. The van der Waals surface area contributed by atoms with Crippen molar-refractivity contribution in [2.45, 2.75) is 25.9 Å². The lowest BCUT2D eigenvalue weighted by atomic mass is 10.1. The number of carbonyl (C=O) groups is 3. The van der Waals surface area contributed by atoms with Crippen LogP contribution in [0.15, 0.2) is 24.3 Å². The van der Waals surface area contributed by atoms with E-state index in [1.807, 2.05) is 13.8 Å². The second-order valence-corrected chi connectivity index (χ2v) is 5.15. The largest absolute Gasteiger partial charge is 0.480 e. The van der Waals surface area contributed by atoms with Gasteiger partial charge in [-0.25, -0.2) is 9.59 Å². The fraction of sp³-hybridized carbons (Fsp3) is 0.400. The van der Waals surface area contributed by atoms with E-state index in [9.17, 15) is 14.4 Å². The molecule has 1 aromatic carbocycles. The van der Waals surface area contributed by atoms with E-state index in [1.165, 1.54) is 19.2 Å². The molecule has 0 saturated heterocycles. The highest BCUT2D eigenvalue weighted by Gasteiger charge is 2.20.